The van der Waals surface area contributed by atoms with Gasteiger partial charge < -0.3 is 15.4 Å². The summed E-state index contributed by atoms with van der Waals surface area (Å²) in [6.45, 7) is 1.70. The molecule has 1 atom stereocenters. The number of carbonyl (C=O) groups is 2. The van der Waals surface area contributed by atoms with E-state index >= 15 is 0 Å². The van der Waals surface area contributed by atoms with Crippen molar-refractivity contribution in [2.24, 2.45) is 0 Å². The Balaban J connectivity index is 1.62. The molecule has 2 N–H and O–H groups in total. The summed E-state index contributed by atoms with van der Waals surface area (Å²) in [5, 5.41) is 15.1. The Hall–Kier alpha value is -3.89. The molecule has 0 aromatic heterocycles. The highest BCUT2D eigenvalue weighted by atomic mass is 79.9. The zero-order valence-electron chi connectivity index (χ0n) is 17.9. The van der Waals surface area contributed by atoms with Gasteiger partial charge in [0.2, 0.25) is 0 Å². The van der Waals surface area contributed by atoms with Crippen LogP contribution in [0.1, 0.15) is 24.1 Å². The molecule has 0 heterocycles. The quantitative estimate of drug-likeness (QED) is 0.324. The molecule has 0 bridgehead atoms. The molecule has 0 saturated carbocycles. The van der Waals surface area contributed by atoms with Crippen molar-refractivity contribution in [2.75, 3.05) is 11.9 Å². The van der Waals surface area contributed by atoms with E-state index in [0.29, 0.717) is 21.5 Å². The van der Waals surface area contributed by atoms with Gasteiger partial charge in [-0.3, -0.25) is 9.59 Å². The van der Waals surface area contributed by atoms with Crippen molar-refractivity contribution in [2.45, 2.75) is 13.0 Å². The van der Waals surface area contributed by atoms with Crippen LogP contribution in [0, 0.1) is 11.3 Å². The average Bonchev–Trinajstić information content (AvgIpc) is 2.83. The van der Waals surface area contributed by atoms with Gasteiger partial charge in [0, 0.05) is 5.69 Å². The van der Waals surface area contributed by atoms with Gasteiger partial charge in [-0.05, 0) is 64.3 Å². The maximum atomic E-state index is 12.6. The van der Waals surface area contributed by atoms with Gasteiger partial charge in [-0.25, -0.2) is 0 Å². The van der Waals surface area contributed by atoms with Crippen LogP contribution in [0.15, 0.2) is 88.9 Å². The lowest BCUT2D eigenvalue weighted by Crippen LogP contribution is -2.27. The molecule has 0 spiro atoms. The summed E-state index contributed by atoms with van der Waals surface area (Å²) in [6.07, 6.45) is 1.50. The fourth-order valence-electron chi connectivity index (χ4n) is 3.00. The standard InChI is InChI=1S/C26H22BrN3O3/c1-18(20-8-4-2-5-9-20)29-26(32)21(16-28)14-19-12-13-24(23(27)15-19)33-17-25(31)30-22-10-6-3-7-11-22/h2-15,18H,17H2,1H3,(H,29,32)(H,30,31)/b21-14-/t18-/m1/s1. The number of hydrogen-bond donors (Lipinski definition) is 2. The summed E-state index contributed by atoms with van der Waals surface area (Å²) < 4.78 is 6.18. The lowest BCUT2D eigenvalue weighted by atomic mass is 10.1. The number of amides is 2. The molecule has 0 fully saturated rings. The largest absolute Gasteiger partial charge is 0.483 e. The summed E-state index contributed by atoms with van der Waals surface area (Å²) in [7, 11) is 0. The van der Waals surface area contributed by atoms with E-state index in [9.17, 15) is 14.9 Å². The first kappa shape index (κ1) is 23.8. The molecule has 33 heavy (non-hydrogen) atoms. The molecular weight excluding hydrogens is 482 g/mol. The van der Waals surface area contributed by atoms with E-state index in [0.717, 1.165) is 5.56 Å². The number of anilines is 1. The molecule has 2 amide bonds. The topological polar surface area (TPSA) is 91.2 Å². The predicted molar refractivity (Wildman–Crippen MR) is 131 cm³/mol. The second-order valence-electron chi connectivity index (χ2n) is 7.17. The first-order valence-corrected chi connectivity index (χ1v) is 11.0. The normalized spacial score (nSPS) is 11.7. The maximum Gasteiger partial charge on any atom is 0.262 e. The number of para-hydroxylation sites is 1. The fourth-order valence-corrected chi connectivity index (χ4v) is 3.51. The fraction of sp³-hybridized carbons (Fsp3) is 0.115. The van der Waals surface area contributed by atoms with Gasteiger partial charge in [-0.1, -0.05) is 54.6 Å². The van der Waals surface area contributed by atoms with Crippen LogP contribution in [-0.4, -0.2) is 18.4 Å². The van der Waals surface area contributed by atoms with Crippen molar-refractivity contribution in [3.05, 3.63) is 100 Å². The van der Waals surface area contributed by atoms with Gasteiger partial charge >= 0.3 is 0 Å². The Morgan fingerprint density at radius 1 is 1.06 bits per heavy atom. The van der Waals surface area contributed by atoms with E-state index in [-0.39, 0.29) is 24.1 Å². The van der Waals surface area contributed by atoms with E-state index in [1.165, 1.54) is 6.08 Å². The monoisotopic (exact) mass is 503 g/mol. The van der Waals surface area contributed by atoms with Crippen molar-refractivity contribution in [3.8, 4) is 11.8 Å². The third-order valence-electron chi connectivity index (χ3n) is 4.70. The molecule has 0 aliphatic heterocycles. The maximum absolute atomic E-state index is 12.6. The number of nitriles is 1. The number of nitrogens with zero attached hydrogens (tertiary/aromatic N) is 1. The second-order valence-corrected chi connectivity index (χ2v) is 8.02. The van der Waals surface area contributed by atoms with E-state index in [1.807, 2.05) is 61.5 Å². The molecule has 0 unspecified atom stereocenters. The van der Waals surface area contributed by atoms with Gasteiger partial charge in [0.05, 0.1) is 10.5 Å². The number of carbonyl (C=O) groups excluding carboxylic acids is 2. The number of rotatable bonds is 8. The van der Waals surface area contributed by atoms with Crippen molar-refractivity contribution < 1.29 is 14.3 Å². The van der Waals surface area contributed by atoms with E-state index in [2.05, 4.69) is 26.6 Å². The van der Waals surface area contributed by atoms with E-state index < -0.39 is 5.91 Å². The third-order valence-corrected chi connectivity index (χ3v) is 5.32. The molecule has 7 heteroatoms. The third kappa shape index (κ3) is 7.06. The number of nitrogens with one attached hydrogen (secondary N) is 2. The van der Waals surface area contributed by atoms with Gasteiger partial charge in [-0.15, -0.1) is 0 Å². The molecule has 6 nitrogen and oxygen atoms in total. The Labute approximate surface area is 201 Å². The van der Waals surface area contributed by atoms with Crippen molar-refractivity contribution >= 4 is 39.5 Å². The molecule has 3 aromatic carbocycles. The number of halogens is 1. The predicted octanol–water partition coefficient (Wildman–Crippen LogP) is 5.25. The van der Waals surface area contributed by atoms with Gasteiger partial charge in [0.15, 0.2) is 6.61 Å². The minimum absolute atomic E-state index is 0.0133. The summed E-state index contributed by atoms with van der Waals surface area (Å²) in [4.78, 5) is 24.6. The Morgan fingerprint density at radius 2 is 1.73 bits per heavy atom. The van der Waals surface area contributed by atoms with Gasteiger partial charge in [0.1, 0.15) is 17.4 Å². The highest BCUT2D eigenvalue weighted by Crippen LogP contribution is 2.27. The molecule has 3 rings (SSSR count). The first-order chi connectivity index (χ1) is 16.0. The van der Waals surface area contributed by atoms with Crippen LogP contribution in [0.5, 0.6) is 5.75 Å². The van der Waals surface area contributed by atoms with Crippen molar-refractivity contribution in [1.29, 1.82) is 5.26 Å². The van der Waals surface area contributed by atoms with Crippen LogP contribution in [0.3, 0.4) is 0 Å². The zero-order chi connectivity index (χ0) is 23.6. The highest BCUT2D eigenvalue weighted by molar-refractivity contribution is 9.10. The minimum Gasteiger partial charge on any atom is -0.483 e. The molecule has 3 aromatic rings. The summed E-state index contributed by atoms with van der Waals surface area (Å²) in [5.74, 6) is -0.271. The Morgan fingerprint density at radius 3 is 2.36 bits per heavy atom. The van der Waals surface area contributed by atoms with Crippen LogP contribution in [-0.2, 0) is 9.59 Å². The number of hydrogen-bond acceptors (Lipinski definition) is 4. The summed E-state index contributed by atoms with van der Waals surface area (Å²) >= 11 is 3.41. The second kappa shape index (κ2) is 11.7. The van der Waals surface area contributed by atoms with Crippen LogP contribution in [0.25, 0.3) is 6.08 Å². The van der Waals surface area contributed by atoms with Gasteiger partial charge in [0.25, 0.3) is 11.8 Å². The zero-order valence-corrected chi connectivity index (χ0v) is 19.5. The summed E-state index contributed by atoms with van der Waals surface area (Å²) in [6, 6.07) is 25.4. The number of benzene rings is 3. The molecule has 0 radical (unpaired) electrons. The first-order valence-electron chi connectivity index (χ1n) is 10.2. The average molecular weight is 504 g/mol. The molecule has 0 saturated heterocycles. The Kier molecular flexibility index (Phi) is 8.39. The molecule has 0 aliphatic rings. The highest BCUT2D eigenvalue weighted by Gasteiger charge is 2.14. The van der Waals surface area contributed by atoms with E-state index in [1.54, 1.807) is 30.3 Å². The SMILES string of the molecule is C[C@@H](NC(=O)/C(C#N)=C\c1ccc(OCC(=O)Nc2ccccc2)c(Br)c1)c1ccccc1. The van der Waals surface area contributed by atoms with Crippen LogP contribution >= 0.6 is 15.9 Å². The molecular formula is C26H22BrN3O3. The molecule has 166 valence electrons. The smallest absolute Gasteiger partial charge is 0.262 e. The van der Waals surface area contributed by atoms with Crippen molar-refractivity contribution in [1.82, 2.24) is 5.32 Å². The molecule has 0 aliphatic carbocycles. The van der Waals surface area contributed by atoms with Crippen LogP contribution < -0.4 is 15.4 Å². The van der Waals surface area contributed by atoms with Gasteiger partial charge in [-0.2, -0.15) is 5.26 Å². The lowest BCUT2D eigenvalue weighted by molar-refractivity contribution is -0.118. The number of ether oxygens (including phenoxy) is 1. The summed E-state index contributed by atoms with van der Waals surface area (Å²) in [5.41, 5.74) is 2.26. The Bertz CT molecular complexity index is 1190. The van der Waals surface area contributed by atoms with E-state index in [4.69, 9.17) is 4.74 Å². The minimum atomic E-state index is -0.456. The van der Waals surface area contributed by atoms with Crippen molar-refractivity contribution in [3.63, 3.8) is 0 Å². The van der Waals surface area contributed by atoms with Crippen LogP contribution in [0.2, 0.25) is 0 Å². The van der Waals surface area contributed by atoms with Crippen LogP contribution in [0.4, 0.5) is 5.69 Å². The lowest BCUT2D eigenvalue weighted by Gasteiger charge is -2.14.